The number of ether oxygens (including phenoxy) is 3. The van der Waals surface area contributed by atoms with E-state index in [2.05, 4.69) is 0 Å². The molecule has 8 heteroatoms. The summed E-state index contributed by atoms with van der Waals surface area (Å²) in [5.74, 6) is 0.146. The minimum Gasteiger partial charge on any atom is -0.496 e. The van der Waals surface area contributed by atoms with Crippen molar-refractivity contribution in [2.24, 2.45) is 0 Å². The molecule has 0 spiro atoms. The highest BCUT2D eigenvalue weighted by Gasteiger charge is 2.13. The zero-order valence-corrected chi connectivity index (χ0v) is 13.3. The van der Waals surface area contributed by atoms with Crippen LogP contribution in [-0.2, 0) is 16.1 Å². The number of carbonyl (C=O) groups is 2. The Morgan fingerprint density at radius 3 is 2.52 bits per heavy atom. The van der Waals surface area contributed by atoms with Crippen LogP contribution in [0.2, 0.25) is 0 Å². The normalized spacial score (nSPS) is 9.96. The molecule has 0 aliphatic carbocycles. The van der Waals surface area contributed by atoms with Gasteiger partial charge in [-0.25, -0.2) is 4.79 Å². The fourth-order valence-electron chi connectivity index (χ4n) is 1.98. The van der Waals surface area contributed by atoms with Gasteiger partial charge in [-0.15, -0.1) is 0 Å². The SMILES string of the molecule is COc1ccc([N+](=O)[O-])cc1COC(=O)COc1ccc(C=O)cc1. The fraction of sp³-hybridized carbons (Fsp3) is 0.176. The topological polar surface area (TPSA) is 105 Å². The van der Waals surface area contributed by atoms with Crippen molar-refractivity contribution in [2.45, 2.75) is 6.61 Å². The quantitative estimate of drug-likeness (QED) is 0.313. The Balaban J connectivity index is 1.91. The van der Waals surface area contributed by atoms with Crippen molar-refractivity contribution in [3.8, 4) is 11.5 Å². The Kier molecular flexibility index (Phi) is 6.05. The van der Waals surface area contributed by atoms with Gasteiger partial charge in [0.05, 0.1) is 12.0 Å². The first-order chi connectivity index (χ1) is 12.0. The number of nitrogens with zero attached hydrogens (tertiary/aromatic N) is 1. The summed E-state index contributed by atoms with van der Waals surface area (Å²) in [4.78, 5) is 32.6. The molecule has 0 amide bonds. The second-order valence-corrected chi connectivity index (χ2v) is 4.89. The predicted molar refractivity (Wildman–Crippen MR) is 86.8 cm³/mol. The lowest BCUT2D eigenvalue weighted by Gasteiger charge is -2.10. The fourth-order valence-corrected chi connectivity index (χ4v) is 1.98. The summed E-state index contributed by atoms with van der Waals surface area (Å²) in [5, 5.41) is 10.8. The van der Waals surface area contributed by atoms with Gasteiger partial charge in [-0.05, 0) is 30.3 Å². The number of benzene rings is 2. The van der Waals surface area contributed by atoms with Crippen LogP contribution in [-0.4, -0.2) is 30.9 Å². The maximum Gasteiger partial charge on any atom is 0.344 e. The summed E-state index contributed by atoms with van der Waals surface area (Å²) in [6.07, 6.45) is 0.699. The second-order valence-electron chi connectivity index (χ2n) is 4.89. The van der Waals surface area contributed by atoms with Gasteiger partial charge < -0.3 is 14.2 Å². The minimum atomic E-state index is -0.645. The van der Waals surface area contributed by atoms with Gasteiger partial charge in [0, 0.05) is 23.3 Å². The van der Waals surface area contributed by atoms with E-state index in [1.165, 1.54) is 25.3 Å². The number of carbonyl (C=O) groups excluding carboxylic acids is 2. The van der Waals surface area contributed by atoms with Crippen molar-refractivity contribution in [3.05, 3.63) is 63.7 Å². The number of nitro benzene ring substituents is 1. The van der Waals surface area contributed by atoms with Crippen LogP contribution in [0.1, 0.15) is 15.9 Å². The van der Waals surface area contributed by atoms with Gasteiger partial charge in [0.1, 0.15) is 24.4 Å². The van der Waals surface area contributed by atoms with Gasteiger partial charge in [0.25, 0.3) is 5.69 Å². The molecule has 0 radical (unpaired) electrons. The van der Waals surface area contributed by atoms with E-state index in [1.807, 2.05) is 0 Å². The molecule has 0 saturated carbocycles. The number of nitro groups is 1. The number of rotatable bonds is 8. The molecule has 0 unspecified atom stereocenters. The van der Waals surface area contributed by atoms with Crippen LogP contribution in [0, 0.1) is 10.1 Å². The summed E-state index contributed by atoms with van der Waals surface area (Å²) in [6.45, 7) is -0.519. The molecule has 0 aliphatic heterocycles. The molecule has 0 atom stereocenters. The Morgan fingerprint density at radius 2 is 1.92 bits per heavy atom. The molecule has 2 rings (SSSR count). The Morgan fingerprint density at radius 1 is 1.20 bits per heavy atom. The van der Waals surface area contributed by atoms with Crippen LogP contribution in [0.3, 0.4) is 0 Å². The summed E-state index contributed by atoms with van der Waals surface area (Å²) < 4.78 is 15.4. The first-order valence-electron chi connectivity index (χ1n) is 7.18. The standard InChI is InChI=1S/C17H15NO7/c1-23-16-7-4-14(18(21)22)8-13(16)10-25-17(20)11-24-15-5-2-12(9-19)3-6-15/h2-9H,10-11H2,1H3. The molecule has 8 nitrogen and oxygen atoms in total. The van der Waals surface area contributed by atoms with Crippen molar-refractivity contribution < 1.29 is 28.7 Å². The lowest BCUT2D eigenvalue weighted by atomic mass is 10.2. The molecule has 2 aromatic carbocycles. The van der Waals surface area contributed by atoms with E-state index in [1.54, 1.807) is 24.3 Å². The third-order valence-electron chi connectivity index (χ3n) is 3.24. The van der Waals surface area contributed by atoms with Gasteiger partial charge in [-0.3, -0.25) is 14.9 Å². The summed E-state index contributed by atoms with van der Waals surface area (Å²) in [7, 11) is 1.42. The zero-order chi connectivity index (χ0) is 18.2. The summed E-state index contributed by atoms with van der Waals surface area (Å²) in [6, 6.07) is 10.2. The highest BCUT2D eigenvalue weighted by Crippen LogP contribution is 2.24. The third kappa shape index (κ3) is 5.03. The number of methoxy groups -OCH3 is 1. The highest BCUT2D eigenvalue weighted by molar-refractivity contribution is 5.75. The van der Waals surface area contributed by atoms with Gasteiger partial charge in [0.2, 0.25) is 0 Å². The Bertz CT molecular complexity index is 771. The largest absolute Gasteiger partial charge is 0.496 e. The molecule has 0 saturated heterocycles. The van der Waals surface area contributed by atoms with E-state index in [0.29, 0.717) is 28.9 Å². The molecule has 0 N–H and O–H groups in total. The third-order valence-corrected chi connectivity index (χ3v) is 3.24. The Hall–Kier alpha value is -3.42. The smallest absolute Gasteiger partial charge is 0.344 e. The molecule has 25 heavy (non-hydrogen) atoms. The van der Waals surface area contributed by atoms with E-state index in [9.17, 15) is 19.7 Å². The average Bonchev–Trinajstić information content (AvgIpc) is 2.64. The zero-order valence-electron chi connectivity index (χ0n) is 13.3. The maximum absolute atomic E-state index is 11.8. The van der Waals surface area contributed by atoms with Gasteiger partial charge in [-0.1, -0.05) is 0 Å². The summed E-state index contributed by atoms with van der Waals surface area (Å²) in [5.41, 5.74) is 0.742. The minimum absolute atomic E-state index is 0.127. The molecule has 130 valence electrons. The van der Waals surface area contributed by atoms with Crippen molar-refractivity contribution in [2.75, 3.05) is 13.7 Å². The van der Waals surface area contributed by atoms with E-state index < -0.39 is 10.9 Å². The van der Waals surface area contributed by atoms with Gasteiger partial charge >= 0.3 is 5.97 Å². The van der Waals surface area contributed by atoms with Crippen LogP contribution in [0.4, 0.5) is 5.69 Å². The molecule has 0 aromatic heterocycles. The van der Waals surface area contributed by atoms with Crippen LogP contribution in [0.15, 0.2) is 42.5 Å². The number of aldehydes is 1. The lowest BCUT2D eigenvalue weighted by Crippen LogP contribution is -2.15. The second kappa shape index (κ2) is 8.44. The molecule has 2 aromatic rings. The monoisotopic (exact) mass is 345 g/mol. The first kappa shape index (κ1) is 17.9. The van der Waals surface area contributed by atoms with Crippen molar-refractivity contribution in [1.29, 1.82) is 0 Å². The van der Waals surface area contributed by atoms with Crippen LogP contribution >= 0.6 is 0 Å². The number of hydrogen-bond acceptors (Lipinski definition) is 7. The van der Waals surface area contributed by atoms with E-state index in [0.717, 1.165) is 0 Å². The van der Waals surface area contributed by atoms with Crippen LogP contribution < -0.4 is 9.47 Å². The average molecular weight is 345 g/mol. The molecule has 0 heterocycles. The van der Waals surface area contributed by atoms with Crippen LogP contribution in [0.5, 0.6) is 11.5 Å². The highest BCUT2D eigenvalue weighted by atomic mass is 16.6. The maximum atomic E-state index is 11.8. The molecule has 0 bridgehead atoms. The molecule has 0 fully saturated rings. The number of hydrogen-bond donors (Lipinski definition) is 0. The van der Waals surface area contributed by atoms with E-state index >= 15 is 0 Å². The lowest BCUT2D eigenvalue weighted by molar-refractivity contribution is -0.385. The first-order valence-corrected chi connectivity index (χ1v) is 7.18. The molecular formula is C17H15NO7. The van der Waals surface area contributed by atoms with Crippen molar-refractivity contribution in [1.82, 2.24) is 0 Å². The Labute approximate surface area is 143 Å². The van der Waals surface area contributed by atoms with Gasteiger partial charge in [-0.2, -0.15) is 0 Å². The van der Waals surface area contributed by atoms with Crippen molar-refractivity contribution >= 4 is 17.9 Å². The number of esters is 1. The molecular weight excluding hydrogens is 330 g/mol. The molecule has 0 aliphatic rings. The van der Waals surface area contributed by atoms with Crippen LogP contribution in [0.25, 0.3) is 0 Å². The summed E-state index contributed by atoms with van der Waals surface area (Å²) >= 11 is 0. The van der Waals surface area contributed by atoms with Crippen molar-refractivity contribution in [3.63, 3.8) is 0 Å². The number of non-ortho nitro benzene ring substituents is 1. The predicted octanol–water partition coefficient (Wildman–Crippen LogP) is 2.54. The van der Waals surface area contributed by atoms with Gasteiger partial charge in [0.15, 0.2) is 6.61 Å². The van der Waals surface area contributed by atoms with E-state index in [-0.39, 0.29) is 18.9 Å². The van der Waals surface area contributed by atoms with E-state index in [4.69, 9.17) is 14.2 Å².